The van der Waals surface area contributed by atoms with Gasteiger partial charge in [-0.1, -0.05) is 6.07 Å². The van der Waals surface area contributed by atoms with Gasteiger partial charge in [-0.15, -0.1) is 0 Å². The van der Waals surface area contributed by atoms with E-state index in [0.717, 1.165) is 0 Å². The molecule has 0 saturated heterocycles. The number of benzene rings is 3. The summed E-state index contributed by atoms with van der Waals surface area (Å²) >= 11 is 0. The summed E-state index contributed by atoms with van der Waals surface area (Å²) < 4.78 is 59.0. The second-order valence-corrected chi connectivity index (χ2v) is 9.62. The number of methoxy groups -OCH3 is 2. The van der Waals surface area contributed by atoms with E-state index in [1.165, 1.54) is 73.7 Å². The van der Waals surface area contributed by atoms with Crippen molar-refractivity contribution in [3.63, 3.8) is 0 Å². The molecule has 0 aliphatic heterocycles. The molecule has 5 aromatic rings. The summed E-state index contributed by atoms with van der Waals surface area (Å²) in [6.07, 6.45) is 2.57. The minimum atomic E-state index is -3.98. The lowest BCUT2D eigenvalue weighted by Gasteiger charge is -2.16. The predicted molar refractivity (Wildman–Crippen MR) is 135 cm³/mol. The molecule has 5 rings (SSSR count). The summed E-state index contributed by atoms with van der Waals surface area (Å²) in [5.41, 5.74) is 1.76. The van der Waals surface area contributed by atoms with Crippen LogP contribution >= 0.6 is 0 Å². The quantitative estimate of drug-likeness (QED) is 0.333. The minimum Gasteiger partial charge on any atom is -0.497 e. The number of pyridine rings is 1. The van der Waals surface area contributed by atoms with E-state index in [-0.39, 0.29) is 16.5 Å². The lowest BCUT2D eigenvalue weighted by atomic mass is 10.0. The van der Waals surface area contributed by atoms with Crippen LogP contribution < -0.4 is 19.8 Å². The lowest BCUT2D eigenvalue weighted by molar-refractivity contribution is 0.411. The molecule has 11 heteroatoms. The summed E-state index contributed by atoms with van der Waals surface area (Å²) in [5, 5.41) is 0.496. The van der Waals surface area contributed by atoms with Crippen molar-refractivity contribution in [3.8, 4) is 28.3 Å². The second kappa shape index (κ2) is 9.43. The Hall–Kier alpha value is -4.64. The molecule has 2 heterocycles. The summed E-state index contributed by atoms with van der Waals surface area (Å²) in [6.45, 7) is 0. The normalized spacial score (nSPS) is 11.4. The van der Waals surface area contributed by atoms with Crippen LogP contribution in [0.25, 0.3) is 27.7 Å². The molecule has 9 nitrogen and oxygen atoms in total. The highest BCUT2D eigenvalue weighted by Gasteiger charge is 2.19. The standard InChI is InChI=1S/C26H20FN3O6S/c1-34-20-12-18(11-19(27)15-20)16-3-6-23(24(14-16)35-2)30-22-7-5-21(13-17(22)4-8-25(30)31)37(32,33)29-26-28-9-10-36-26/h3-15H,1-2H3,(H,28,29). The van der Waals surface area contributed by atoms with Crippen LogP contribution in [-0.4, -0.2) is 32.2 Å². The van der Waals surface area contributed by atoms with Crippen molar-refractivity contribution in [1.29, 1.82) is 0 Å². The number of nitrogens with zero attached hydrogens (tertiary/aromatic N) is 2. The van der Waals surface area contributed by atoms with E-state index in [9.17, 15) is 17.6 Å². The Kier molecular flexibility index (Phi) is 6.14. The number of anilines is 1. The van der Waals surface area contributed by atoms with Gasteiger partial charge >= 0.3 is 6.01 Å². The Morgan fingerprint density at radius 2 is 1.78 bits per heavy atom. The van der Waals surface area contributed by atoms with Crippen LogP contribution in [0.2, 0.25) is 0 Å². The number of sulfonamides is 1. The first kappa shape index (κ1) is 24.1. The fourth-order valence-corrected chi connectivity index (χ4v) is 4.95. The smallest absolute Gasteiger partial charge is 0.308 e. The Morgan fingerprint density at radius 1 is 0.946 bits per heavy atom. The minimum absolute atomic E-state index is 0.0363. The maximum Gasteiger partial charge on any atom is 0.308 e. The monoisotopic (exact) mass is 521 g/mol. The van der Waals surface area contributed by atoms with Gasteiger partial charge in [-0.3, -0.25) is 9.36 Å². The molecule has 0 saturated carbocycles. The van der Waals surface area contributed by atoms with E-state index in [2.05, 4.69) is 9.71 Å². The highest BCUT2D eigenvalue weighted by Crippen LogP contribution is 2.33. The first-order valence-electron chi connectivity index (χ1n) is 10.9. The lowest BCUT2D eigenvalue weighted by Crippen LogP contribution is -2.18. The molecule has 0 aliphatic carbocycles. The summed E-state index contributed by atoms with van der Waals surface area (Å²) in [4.78, 5) is 16.7. The summed E-state index contributed by atoms with van der Waals surface area (Å²) in [7, 11) is -1.06. The number of fused-ring (bicyclic) bond motifs is 1. The molecule has 0 atom stereocenters. The SMILES string of the molecule is COc1cc(F)cc(-c2ccc(-n3c(=O)ccc4cc(S(=O)(=O)Nc5ncco5)ccc43)c(OC)c2)c1. The molecule has 0 aliphatic rings. The molecule has 0 bridgehead atoms. The largest absolute Gasteiger partial charge is 0.497 e. The number of rotatable bonds is 7. The number of hydrogen-bond acceptors (Lipinski definition) is 7. The Balaban J connectivity index is 1.60. The van der Waals surface area contributed by atoms with Crippen LogP contribution in [0.5, 0.6) is 11.5 Å². The van der Waals surface area contributed by atoms with E-state index >= 15 is 0 Å². The molecule has 0 unspecified atom stereocenters. The van der Waals surface area contributed by atoms with Crippen LogP contribution in [0.4, 0.5) is 10.4 Å². The van der Waals surface area contributed by atoms with Crippen molar-refractivity contribution >= 4 is 26.9 Å². The first-order chi connectivity index (χ1) is 17.8. The van der Waals surface area contributed by atoms with Gasteiger partial charge in [0.1, 0.15) is 23.6 Å². The average Bonchev–Trinajstić information content (AvgIpc) is 3.40. The summed E-state index contributed by atoms with van der Waals surface area (Å²) in [6, 6.07) is 16.5. The third-order valence-corrected chi connectivity index (χ3v) is 7.01. The number of oxazole rings is 1. The van der Waals surface area contributed by atoms with Crippen LogP contribution in [0.15, 0.2) is 93.3 Å². The van der Waals surface area contributed by atoms with Gasteiger partial charge in [0.2, 0.25) is 0 Å². The molecule has 0 spiro atoms. The number of aromatic nitrogens is 2. The number of ether oxygens (including phenoxy) is 2. The molecular formula is C26H20FN3O6S. The number of nitrogens with one attached hydrogen (secondary N) is 1. The zero-order valence-corrected chi connectivity index (χ0v) is 20.5. The number of halogens is 1. The van der Waals surface area contributed by atoms with Gasteiger partial charge in [-0.05, 0) is 59.7 Å². The van der Waals surface area contributed by atoms with Gasteiger partial charge in [0, 0.05) is 17.5 Å². The molecular weight excluding hydrogens is 501 g/mol. The maximum atomic E-state index is 14.1. The topological polar surface area (TPSA) is 113 Å². The van der Waals surface area contributed by atoms with Gasteiger partial charge in [0.25, 0.3) is 15.6 Å². The van der Waals surface area contributed by atoms with Crippen molar-refractivity contribution in [1.82, 2.24) is 9.55 Å². The highest BCUT2D eigenvalue weighted by molar-refractivity contribution is 7.92. The fourth-order valence-electron chi connectivity index (χ4n) is 3.98. The molecule has 0 fully saturated rings. The Morgan fingerprint density at radius 3 is 2.51 bits per heavy atom. The highest BCUT2D eigenvalue weighted by atomic mass is 32.2. The van der Waals surface area contributed by atoms with Crippen molar-refractivity contribution < 1.29 is 26.7 Å². The molecule has 1 N–H and O–H groups in total. The first-order valence-corrected chi connectivity index (χ1v) is 12.4. The third-order valence-electron chi connectivity index (χ3n) is 5.69. The van der Waals surface area contributed by atoms with E-state index < -0.39 is 15.8 Å². The van der Waals surface area contributed by atoms with Gasteiger partial charge in [-0.2, -0.15) is 0 Å². The molecule has 3 aromatic carbocycles. The van der Waals surface area contributed by atoms with Crippen LogP contribution in [0.3, 0.4) is 0 Å². The van der Waals surface area contributed by atoms with Crippen molar-refractivity contribution in [3.05, 3.63) is 95.4 Å². The zero-order valence-electron chi connectivity index (χ0n) is 19.6. The van der Waals surface area contributed by atoms with Crippen molar-refractivity contribution in [2.24, 2.45) is 0 Å². The Labute approximate surface area is 210 Å². The van der Waals surface area contributed by atoms with Crippen LogP contribution in [0.1, 0.15) is 0 Å². The molecule has 0 amide bonds. The van der Waals surface area contributed by atoms with Gasteiger partial charge in [0.15, 0.2) is 0 Å². The molecule has 188 valence electrons. The van der Waals surface area contributed by atoms with Gasteiger partial charge in [-0.25, -0.2) is 22.5 Å². The van der Waals surface area contributed by atoms with E-state index in [1.807, 2.05) is 0 Å². The Bertz CT molecular complexity index is 1780. The third kappa shape index (κ3) is 4.64. The van der Waals surface area contributed by atoms with Gasteiger partial charge < -0.3 is 13.9 Å². The maximum absolute atomic E-state index is 14.1. The molecule has 2 aromatic heterocycles. The van der Waals surface area contributed by atoms with E-state index in [4.69, 9.17) is 13.9 Å². The predicted octanol–water partition coefficient (Wildman–Crippen LogP) is 4.60. The zero-order chi connectivity index (χ0) is 26.2. The molecule has 37 heavy (non-hydrogen) atoms. The van der Waals surface area contributed by atoms with Crippen molar-refractivity contribution in [2.75, 3.05) is 18.9 Å². The van der Waals surface area contributed by atoms with Crippen LogP contribution in [0, 0.1) is 5.82 Å². The van der Waals surface area contributed by atoms with E-state index in [0.29, 0.717) is 39.2 Å². The fraction of sp³-hybridized carbons (Fsp3) is 0.0769. The van der Waals surface area contributed by atoms with E-state index in [1.54, 1.807) is 24.3 Å². The molecule has 0 radical (unpaired) electrons. The second-order valence-electron chi connectivity index (χ2n) is 7.94. The van der Waals surface area contributed by atoms with Gasteiger partial charge in [0.05, 0.1) is 36.5 Å². The summed E-state index contributed by atoms with van der Waals surface area (Å²) in [5.74, 6) is 0.273. The van der Waals surface area contributed by atoms with Crippen molar-refractivity contribution in [2.45, 2.75) is 4.90 Å². The average molecular weight is 522 g/mol. The number of hydrogen-bond donors (Lipinski definition) is 1. The van der Waals surface area contributed by atoms with Crippen LogP contribution in [-0.2, 0) is 10.0 Å².